The molecule has 31 heavy (non-hydrogen) atoms. The van der Waals surface area contributed by atoms with Gasteiger partial charge in [0.1, 0.15) is 0 Å². The standard InChI is InChI=1S/C22H34F2O4Si3/c1-29(2,13-11-17-7-9-21(25)19(23)15-17)27-31(5,6)28-30(3,4)14-12-18-8-10-22(26)20(24)16-18/h7-10,15-16,25-26H,11-14H2,1-6H3. The van der Waals surface area contributed by atoms with Gasteiger partial charge in [0, 0.05) is 0 Å². The van der Waals surface area contributed by atoms with E-state index in [2.05, 4.69) is 39.3 Å². The van der Waals surface area contributed by atoms with Crippen molar-refractivity contribution in [2.75, 3.05) is 0 Å². The summed E-state index contributed by atoms with van der Waals surface area (Å²) in [4.78, 5) is 0. The van der Waals surface area contributed by atoms with Crippen molar-refractivity contribution < 1.29 is 27.2 Å². The lowest BCUT2D eigenvalue weighted by atomic mass is 10.1. The fourth-order valence-electron chi connectivity index (χ4n) is 3.76. The zero-order chi connectivity index (χ0) is 23.4. The Bertz CT molecular complexity index is 833. The Kier molecular flexibility index (Phi) is 8.26. The number of halogens is 2. The molecular weight excluding hydrogens is 450 g/mol. The maximum absolute atomic E-state index is 13.6. The van der Waals surface area contributed by atoms with Gasteiger partial charge >= 0.3 is 8.56 Å². The maximum atomic E-state index is 13.6. The summed E-state index contributed by atoms with van der Waals surface area (Å²) in [6.45, 7) is 12.7. The lowest BCUT2D eigenvalue weighted by molar-refractivity contribution is 0.388. The summed E-state index contributed by atoms with van der Waals surface area (Å²) in [5.74, 6) is -1.87. The van der Waals surface area contributed by atoms with E-state index in [0.29, 0.717) is 12.8 Å². The van der Waals surface area contributed by atoms with E-state index in [1.54, 1.807) is 12.1 Å². The van der Waals surface area contributed by atoms with Crippen molar-refractivity contribution in [2.24, 2.45) is 0 Å². The fraction of sp³-hybridized carbons (Fsp3) is 0.455. The smallest absolute Gasteiger partial charge is 0.311 e. The second-order valence-corrected chi connectivity index (χ2v) is 22.2. The van der Waals surface area contributed by atoms with Crippen LogP contribution in [-0.4, -0.2) is 35.4 Å². The molecule has 0 aromatic heterocycles. The van der Waals surface area contributed by atoms with Gasteiger partial charge in [0.2, 0.25) is 0 Å². The molecule has 0 fully saturated rings. The Hall–Kier alpha value is -1.53. The second-order valence-electron chi connectivity index (χ2n) is 9.69. The van der Waals surface area contributed by atoms with E-state index < -0.39 is 36.8 Å². The first-order valence-corrected chi connectivity index (χ1v) is 19.6. The molecule has 0 aliphatic carbocycles. The third-order valence-corrected chi connectivity index (χ3v) is 16.4. The van der Waals surface area contributed by atoms with E-state index in [1.807, 2.05) is 0 Å². The Balaban J connectivity index is 1.92. The number of hydrogen-bond acceptors (Lipinski definition) is 4. The second kappa shape index (κ2) is 9.95. The molecular formula is C22H34F2O4Si3. The van der Waals surface area contributed by atoms with Gasteiger partial charge in [-0.2, -0.15) is 0 Å². The van der Waals surface area contributed by atoms with E-state index in [-0.39, 0.29) is 11.5 Å². The molecule has 9 heteroatoms. The van der Waals surface area contributed by atoms with Crippen molar-refractivity contribution in [3.63, 3.8) is 0 Å². The highest BCUT2D eigenvalue weighted by atomic mass is 28.5. The normalized spacial score (nSPS) is 12.9. The molecule has 172 valence electrons. The molecule has 0 unspecified atom stereocenters. The molecule has 0 bridgehead atoms. The minimum atomic E-state index is -2.39. The summed E-state index contributed by atoms with van der Waals surface area (Å²) in [6, 6.07) is 10.7. The monoisotopic (exact) mass is 484 g/mol. The average Bonchev–Trinajstić information content (AvgIpc) is 2.62. The lowest BCUT2D eigenvalue weighted by Crippen LogP contribution is -2.52. The van der Waals surface area contributed by atoms with Crippen LogP contribution in [0.4, 0.5) is 8.78 Å². The molecule has 0 radical (unpaired) electrons. The molecule has 2 aromatic carbocycles. The Morgan fingerprint density at radius 3 is 1.35 bits per heavy atom. The first-order valence-electron chi connectivity index (χ1n) is 10.5. The number of aryl methyl sites for hydroxylation is 2. The molecule has 4 nitrogen and oxygen atoms in total. The molecule has 2 rings (SSSR count). The Labute approximate surface area is 187 Å². The van der Waals surface area contributed by atoms with Gasteiger partial charge in [0.25, 0.3) is 0 Å². The van der Waals surface area contributed by atoms with E-state index in [0.717, 1.165) is 23.2 Å². The summed E-state index contributed by atoms with van der Waals surface area (Å²) >= 11 is 0. The first-order chi connectivity index (χ1) is 14.2. The molecule has 0 saturated carbocycles. The highest BCUT2D eigenvalue weighted by Crippen LogP contribution is 2.27. The van der Waals surface area contributed by atoms with Crippen LogP contribution in [0.2, 0.25) is 51.4 Å². The molecule has 0 aliphatic heterocycles. The zero-order valence-electron chi connectivity index (χ0n) is 19.3. The molecule has 2 aromatic rings. The number of hydrogen-bond donors (Lipinski definition) is 2. The number of phenols is 2. The van der Waals surface area contributed by atoms with Crippen LogP contribution in [0.5, 0.6) is 11.5 Å². The lowest BCUT2D eigenvalue weighted by Gasteiger charge is -2.39. The van der Waals surface area contributed by atoms with Gasteiger partial charge in [-0.25, -0.2) is 8.78 Å². The van der Waals surface area contributed by atoms with Crippen LogP contribution in [0.15, 0.2) is 36.4 Å². The molecule has 0 aliphatic rings. The van der Waals surface area contributed by atoms with Crippen molar-refractivity contribution in [1.29, 1.82) is 0 Å². The van der Waals surface area contributed by atoms with Gasteiger partial charge in [-0.05, 0) is 99.6 Å². The fourth-order valence-corrected chi connectivity index (χ4v) is 17.5. The summed E-state index contributed by atoms with van der Waals surface area (Å²) in [5, 5.41) is 18.7. The first kappa shape index (κ1) is 25.7. The minimum Gasteiger partial charge on any atom is -0.505 e. The maximum Gasteiger partial charge on any atom is 0.311 e. The third kappa shape index (κ3) is 8.49. The van der Waals surface area contributed by atoms with Crippen molar-refractivity contribution in [3.05, 3.63) is 59.2 Å². The molecule has 0 atom stereocenters. The topological polar surface area (TPSA) is 58.9 Å². The van der Waals surface area contributed by atoms with Gasteiger partial charge < -0.3 is 18.4 Å². The summed E-state index contributed by atoms with van der Waals surface area (Å²) < 4.78 is 40.3. The number of phenolic OH excluding ortho intramolecular Hbond substituents is 2. The molecule has 0 saturated heterocycles. The highest BCUT2D eigenvalue weighted by Gasteiger charge is 2.39. The highest BCUT2D eigenvalue weighted by molar-refractivity contribution is 6.87. The number of benzene rings is 2. The van der Waals surface area contributed by atoms with Gasteiger partial charge in [-0.3, -0.25) is 0 Å². The quantitative estimate of drug-likeness (QED) is 0.388. The van der Waals surface area contributed by atoms with E-state index in [1.165, 1.54) is 24.3 Å². The van der Waals surface area contributed by atoms with Crippen LogP contribution >= 0.6 is 0 Å². The Morgan fingerprint density at radius 1 is 0.677 bits per heavy atom. The number of aromatic hydroxyl groups is 2. The van der Waals surface area contributed by atoms with Gasteiger partial charge in [0.15, 0.2) is 39.8 Å². The largest absolute Gasteiger partial charge is 0.505 e. The summed E-state index contributed by atoms with van der Waals surface area (Å²) in [7, 11) is -6.51. The van der Waals surface area contributed by atoms with Crippen molar-refractivity contribution >= 4 is 25.2 Å². The predicted octanol–water partition coefficient (Wildman–Crippen LogP) is 6.31. The van der Waals surface area contributed by atoms with Crippen LogP contribution in [0.25, 0.3) is 0 Å². The molecule has 0 heterocycles. The van der Waals surface area contributed by atoms with E-state index >= 15 is 0 Å². The molecule has 2 N–H and O–H groups in total. The van der Waals surface area contributed by atoms with Crippen LogP contribution in [0.1, 0.15) is 11.1 Å². The van der Waals surface area contributed by atoms with Crippen molar-refractivity contribution in [2.45, 2.75) is 64.2 Å². The van der Waals surface area contributed by atoms with E-state index in [9.17, 15) is 19.0 Å². The summed E-state index contributed by atoms with van der Waals surface area (Å²) in [6.07, 6.45) is 1.38. The van der Waals surface area contributed by atoms with Crippen LogP contribution in [-0.2, 0) is 21.1 Å². The van der Waals surface area contributed by atoms with Crippen LogP contribution in [0.3, 0.4) is 0 Å². The Morgan fingerprint density at radius 2 is 1.03 bits per heavy atom. The van der Waals surface area contributed by atoms with Gasteiger partial charge in [-0.15, -0.1) is 0 Å². The minimum absolute atomic E-state index is 0.333. The zero-order valence-corrected chi connectivity index (χ0v) is 22.3. The average molecular weight is 485 g/mol. The molecule has 0 amide bonds. The number of rotatable bonds is 10. The van der Waals surface area contributed by atoms with Crippen molar-refractivity contribution in [3.8, 4) is 11.5 Å². The van der Waals surface area contributed by atoms with Gasteiger partial charge in [-0.1, -0.05) is 12.1 Å². The SMILES string of the molecule is C[Si](C)(CCc1ccc(O)c(F)c1)O[Si](C)(C)O[Si](C)(C)CCc1ccc(O)c(F)c1. The third-order valence-electron chi connectivity index (χ3n) is 5.10. The molecule has 0 spiro atoms. The van der Waals surface area contributed by atoms with Crippen molar-refractivity contribution in [1.82, 2.24) is 0 Å². The van der Waals surface area contributed by atoms with Gasteiger partial charge in [0.05, 0.1) is 0 Å². The van der Waals surface area contributed by atoms with Crippen LogP contribution in [0, 0.1) is 11.6 Å². The summed E-state index contributed by atoms with van der Waals surface area (Å²) in [5.41, 5.74) is 1.69. The van der Waals surface area contributed by atoms with E-state index in [4.69, 9.17) is 8.23 Å². The van der Waals surface area contributed by atoms with Crippen LogP contribution < -0.4 is 0 Å². The predicted molar refractivity (Wildman–Crippen MR) is 128 cm³/mol.